The Hall–Kier alpha value is -0.520. The van der Waals surface area contributed by atoms with Gasteiger partial charge in [0, 0.05) is 0 Å². The van der Waals surface area contributed by atoms with Gasteiger partial charge in [0.25, 0.3) is 0 Å². The Morgan fingerprint density at radius 2 is 1.79 bits per heavy atom. The lowest BCUT2D eigenvalue weighted by atomic mass is 10.0. The maximum Gasteiger partial charge on any atom is 0.0833 e. The van der Waals surface area contributed by atoms with E-state index in [0.29, 0.717) is 12.2 Å². The minimum atomic E-state index is 0.303. The molecule has 0 aromatic heterocycles. The van der Waals surface area contributed by atoms with Crippen LogP contribution in [0.1, 0.15) is 84.5 Å². The molecule has 0 saturated heterocycles. The number of hydrogen-bond donors (Lipinski definition) is 0. The van der Waals surface area contributed by atoms with E-state index in [1.807, 2.05) is 0 Å². The first-order valence-electron chi connectivity index (χ1n) is 8.43. The molecule has 1 rings (SSSR count). The van der Waals surface area contributed by atoms with Crippen molar-refractivity contribution in [3.63, 3.8) is 0 Å². The van der Waals surface area contributed by atoms with Crippen molar-refractivity contribution in [2.24, 2.45) is 0 Å². The number of hydrogen-bond acceptors (Lipinski definition) is 1. The summed E-state index contributed by atoms with van der Waals surface area (Å²) in [5, 5.41) is 0. The van der Waals surface area contributed by atoms with E-state index >= 15 is 0 Å². The second-order valence-electron chi connectivity index (χ2n) is 5.73. The zero-order valence-corrected chi connectivity index (χ0v) is 13.0. The summed E-state index contributed by atoms with van der Waals surface area (Å²) in [5.74, 6) is 0. The molecule has 1 nitrogen and oxygen atoms in total. The van der Waals surface area contributed by atoms with E-state index in [0.717, 1.165) is 19.3 Å². The molecule has 1 heteroatoms. The van der Waals surface area contributed by atoms with Crippen molar-refractivity contribution < 1.29 is 4.74 Å². The fourth-order valence-electron chi connectivity index (χ4n) is 2.64. The monoisotopic (exact) mass is 264 g/mol. The molecule has 0 aromatic carbocycles. The zero-order valence-electron chi connectivity index (χ0n) is 13.0. The lowest BCUT2D eigenvalue weighted by Gasteiger charge is -2.22. The van der Waals surface area contributed by atoms with E-state index in [1.54, 1.807) is 0 Å². The van der Waals surface area contributed by atoms with Gasteiger partial charge in [0.15, 0.2) is 0 Å². The van der Waals surface area contributed by atoms with Crippen LogP contribution in [0.25, 0.3) is 0 Å². The highest BCUT2D eigenvalue weighted by Gasteiger charge is 2.13. The van der Waals surface area contributed by atoms with Gasteiger partial charge in [-0.1, -0.05) is 58.8 Å². The Labute approximate surface area is 120 Å². The van der Waals surface area contributed by atoms with Crippen LogP contribution in [0.4, 0.5) is 0 Å². The SMILES string of the molecule is CCCCCCCCCC1C=C=CCCC(CC)O1. The van der Waals surface area contributed by atoms with E-state index in [2.05, 4.69) is 31.7 Å². The molecule has 110 valence electrons. The minimum absolute atomic E-state index is 0.303. The average molecular weight is 264 g/mol. The van der Waals surface area contributed by atoms with Gasteiger partial charge < -0.3 is 4.74 Å². The zero-order chi connectivity index (χ0) is 13.8. The van der Waals surface area contributed by atoms with E-state index < -0.39 is 0 Å². The number of ether oxygens (including phenoxy) is 1. The van der Waals surface area contributed by atoms with Gasteiger partial charge in [0.2, 0.25) is 0 Å². The van der Waals surface area contributed by atoms with Crippen molar-refractivity contribution in [3.05, 3.63) is 17.9 Å². The molecule has 2 unspecified atom stereocenters. The summed E-state index contributed by atoms with van der Waals surface area (Å²) in [5.41, 5.74) is 3.28. The van der Waals surface area contributed by atoms with Gasteiger partial charge in [-0.15, -0.1) is 5.73 Å². The topological polar surface area (TPSA) is 9.23 Å². The predicted molar refractivity (Wildman–Crippen MR) is 83.4 cm³/mol. The first kappa shape index (κ1) is 16.5. The van der Waals surface area contributed by atoms with Crippen LogP contribution in [-0.4, -0.2) is 12.2 Å². The molecule has 0 saturated carbocycles. The quantitative estimate of drug-likeness (QED) is 0.378. The van der Waals surface area contributed by atoms with Gasteiger partial charge in [0.1, 0.15) is 0 Å². The molecule has 0 fully saturated rings. The molecule has 2 atom stereocenters. The molecule has 0 spiro atoms. The van der Waals surface area contributed by atoms with Gasteiger partial charge in [-0.25, -0.2) is 0 Å². The van der Waals surface area contributed by atoms with Crippen LogP contribution in [0.15, 0.2) is 17.9 Å². The van der Waals surface area contributed by atoms with E-state index in [9.17, 15) is 0 Å². The van der Waals surface area contributed by atoms with Crippen LogP contribution < -0.4 is 0 Å². The smallest absolute Gasteiger partial charge is 0.0833 e. The molecule has 19 heavy (non-hydrogen) atoms. The van der Waals surface area contributed by atoms with Gasteiger partial charge in [0.05, 0.1) is 12.2 Å². The van der Waals surface area contributed by atoms with Crippen molar-refractivity contribution in [2.45, 2.75) is 96.7 Å². The van der Waals surface area contributed by atoms with E-state index in [4.69, 9.17) is 4.74 Å². The molecule has 0 aliphatic carbocycles. The third-order valence-electron chi connectivity index (χ3n) is 3.95. The molecule has 0 aromatic rings. The van der Waals surface area contributed by atoms with Gasteiger partial charge in [-0.2, -0.15) is 0 Å². The summed E-state index contributed by atoms with van der Waals surface area (Å²) in [6.45, 7) is 4.50. The Balaban J connectivity index is 2.13. The van der Waals surface area contributed by atoms with Gasteiger partial charge in [-0.3, -0.25) is 0 Å². The Kier molecular flexibility index (Phi) is 9.85. The lowest BCUT2D eigenvalue weighted by molar-refractivity contribution is 0.00143. The Bertz CT molecular complexity index is 263. The maximum absolute atomic E-state index is 6.15. The molecule has 1 aliphatic heterocycles. The summed E-state index contributed by atoms with van der Waals surface area (Å²) in [6.07, 6.45) is 19.2. The molecule has 1 aliphatic rings. The summed E-state index contributed by atoms with van der Waals surface area (Å²) >= 11 is 0. The Morgan fingerprint density at radius 1 is 1.05 bits per heavy atom. The van der Waals surface area contributed by atoms with Crippen molar-refractivity contribution in [3.8, 4) is 0 Å². The number of rotatable bonds is 9. The molecule has 0 amide bonds. The molecule has 0 radical (unpaired) electrons. The summed E-state index contributed by atoms with van der Waals surface area (Å²) in [4.78, 5) is 0. The highest BCUT2D eigenvalue weighted by atomic mass is 16.5. The van der Waals surface area contributed by atoms with Crippen molar-refractivity contribution >= 4 is 0 Å². The second kappa shape index (κ2) is 11.3. The third kappa shape index (κ3) is 8.29. The molecule has 0 N–H and O–H groups in total. The van der Waals surface area contributed by atoms with Crippen LogP contribution in [-0.2, 0) is 4.74 Å². The Morgan fingerprint density at radius 3 is 2.53 bits per heavy atom. The van der Waals surface area contributed by atoms with Gasteiger partial charge >= 0.3 is 0 Å². The molecule has 0 bridgehead atoms. The molecular weight excluding hydrogens is 232 g/mol. The van der Waals surface area contributed by atoms with Gasteiger partial charge in [-0.05, 0) is 37.8 Å². The summed E-state index contributed by atoms with van der Waals surface area (Å²) in [6, 6.07) is 0. The minimum Gasteiger partial charge on any atom is -0.370 e. The average Bonchev–Trinajstić information content (AvgIpc) is 2.40. The van der Waals surface area contributed by atoms with Crippen LogP contribution in [0.2, 0.25) is 0 Å². The van der Waals surface area contributed by atoms with Crippen LogP contribution >= 0.6 is 0 Å². The van der Waals surface area contributed by atoms with E-state index in [1.165, 1.54) is 51.4 Å². The predicted octanol–water partition coefficient (Wildman–Crippen LogP) is 5.80. The second-order valence-corrected chi connectivity index (χ2v) is 5.73. The normalized spacial score (nSPS) is 23.3. The highest BCUT2D eigenvalue weighted by molar-refractivity contribution is 4.93. The largest absolute Gasteiger partial charge is 0.370 e. The van der Waals surface area contributed by atoms with Crippen LogP contribution in [0.5, 0.6) is 0 Å². The fraction of sp³-hybridized carbons (Fsp3) is 0.833. The van der Waals surface area contributed by atoms with Crippen molar-refractivity contribution in [1.82, 2.24) is 0 Å². The maximum atomic E-state index is 6.15. The van der Waals surface area contributed by atoms with Crippen LogP contribution in [0, 0.1) is 0 Å². The van der Waals surface area contributed by atoms with Crippen molar-refractivity contribution in [2.75, 3.05) is 0 Å². The fourth-order valence-corrected chi connectivity index (χ4v) is 2.64. The summed E-state index contributed by atoms with van der Waals surface area (Å²) in [7, 11) is 0. The lowest BCUT2D eigenvalue weighted by Crippen LogP contribution is -2.20. The first-order chi connectivity index (χ1) is 9.36. The highest BCUT2D eigenvalue weighted by Crippen LogP contribution is 2.17. The third-order valence-corrected chi connectivity index (χ3v) is 3.95. The standard InChI is InChI=1S/C18H32O/c1-3-5-6-7-8-9-11-15-18-16-13-10-12-14-17(4-2)19-18/h10,16-18H,3-9,11-12,14-15H2,1-2H3. The van der Waals surface area contributed by atoms with Crippen LogP contribution in [0.3, 0.4) is 0 Å². The molecule has 1 heterocycles. The first-order valence-corrected chi connectivity index (χ1v) is 8.43. The number of unbranched alkanes of at least 4 members (excludes halogenated alkanes) is 6. The summed E-state index contributed by atoms with van der Waals surface area (Å²) < 4.78 is 6.15. The molecular formula is C18H32O. The van der Waals surface area contributed by atoms with Crippen molar-refractivity contribution in [1.29, 1.82) is 0 Å². The van der Waals surface area contributed by atoms with E-state index in [-0.39, 0.29) is 0 Å².